The summed E-state index contributed by atoms with van der Waals surface area (Å²) in [6.07, 6.45) is 3.29. The zero-order valence-electron chi connectivity index (χ0n) is 15.4. The summed E-state index contributed by atoms with van der Waals surface area (Å²) in [7, 11) is 0. The van der Waals surface area contributed by atoms with Gasteiger partial charge in [-0.05, 0) is 50.8 Å². The predicted octanol–water partition coefficient (Wildman–Crippen LogP) is 1.98. The zero-order valence-corrected chi connectivity index (χ0v) is 15.4. The van der Waals surface area contributed by atoms with Crippen molar-refractivity contribution in [1.82, 2.24) is 0 Å². The molecule has 0 aromatic carbocycles. The van der Waals surface area contributed by atoms with E-state index in [4.69, 9.17) is 9.47 Å². The normalized spacial score (nSPS) is 30.1. The number of aliphatic hydroxyl groups excluding tert-OH is 2. The predicted molar refractivity (Wildman–Crippen MR) is 96.0 cm³/mol. The monoisotopic (exact) mass is 362 g/mol. The molecule has 4 atom stereocenters. The Hall–Kier alpha value is -2.18. The van der Waals surface area contributed by atoms with Crippen LogP contribution in [0.4, 0.5) is 0 Å². The lowest BCUT2D eigenvalue weighted by atomic mass is 9.85. The minimum Gasteiger partial charge on any atom is -0.458 e. The van der Waals surface area contributed by atoms with Crippen LogP contribution in [0.5, 0.6) is 0 Å². The van der Waals surface area contributed by atoms with E-state index in [0.717, 1.165) is 0 Å². The fourth-order valence-electron chi connectivity index (χ4n) is 3.02. The van der Waals surface area contributed by atoms with E-state index in [9.17, 15) is 19.8 Å². The molecule has 0 radical (unpaired) electrons. The van der Waals surface area contributed by atoms with E-state index >= 15 is 0 Å². The lowest BCUT2D eigenvalue weighted by Crippen LogP contribution is -2.30. The first kappa shape index (κ1) is 20.1. The Morgan fingerprint density at radius 1 is 1.46 bits per heavy atom. The SMILES string of the molecule is C=C1C(=O)OC2C=C(C)C(O)CC=C(COC(=O)C(C)=CC)CC(O)C12. The van der Waals surface area contributed by atoms with Crippen LogP contribution >= 0.6 is 0 Å². The maximum atomic E-state index is 11.9. The number of hydrogen-bond acceptors (Lipinski definition) is 6. The molecular weight excluding hydrogens is 336 g/mol. The Bertz CT molecular complexity index is 684. The number of aliphatic hydroxyl groups is 2. The number of hydrogen-bond donors (Lipinski definition) is 2. The molecule has 0 aromatic rings. The van der Waals surface area contributed by atoms with Gasteiger partial charge in [0.15, 0.2) is 0 Å². The van der Waals surface area contributed by atoms with E-state index < -0.39 is 36.2 Å². The van der Waals surface area contributed by atoms with E-state index in [1.807, 2.05) is 0 Å². The molecule has 142 valence electrons. The lowest BCUT2D eigenvalue weighted by Gasteiger charge is -2.25. The molecule has 1 aliphatic carbocycles. The van der Waals surface area contributed by atoms with Crippen LogP contribution in [0.1, 0.15) is 33.6 Å². The summed E-state index contributed by atoms with van der Waals surface area (Å²) in [6.45, 7) is 8.90. The van der Waals surface area contributed by atoms with Gasteiger partial charge < -0.3 is 19.7 Å². The molecule has 1 saturated heterocycles. The van der Waals surface area contributed by atoms with Crippen LogP contribution in [-0.4, -0.2) is 47.1 Å². The third kappa shape index (κ3) is 4.51. The highest BCUT2D eigenvalue weighted by Crippen LogP contribution is 2.34. The fraction of sp³-hybridized carbons (Fsp3) is 0.500. The minimum absolute atomic E-state index is 0.00915. The van der Waals surface area contributed by atoms with Crippen LogP contribution in [-0.2, 0) is 19.1 Å². The fourth-order valence-corrected chi connectivity index (χ4v) is 3.02. The molecule has 1 aliphatic heterocycles. The molecule has 26 heavy (non-hydrogen) atoms. The molecule has 2 rings (SSSR count). The Morgan fingerprint density at radius 2 is 2.15 bits per heavy atom. The average molecular weight is 362 g/mol. The van der Waals surface area contributed by atoms with Gasteiger partial charge in [0.1, 0.15) is 12.7 Å². The van der Waals surface area contributed by atoms with Gasteiger partial charge in [-0.1, -0.05) is 18.7 Å². The summed E-state index contributed by atoms with van der Waals surface area (Å²) >= 11 is 0. The topological polar surface area (TPSA) is 93.1 Å². The highest BCUT2D eigenvalue weighted by atomic mass is 16.6. The van der Waals surface area contributed by atoms with Crippen molar-refractivity contribution in [2.45, 2.75) is 51.9 Å². The van der Waals surface area contributed by atoms with Crippen molar-refractivity contribution >= 4 is 11.9 Å². The van der Waals surface area contributed by atoms with E-state index in [1.54, 1.807) is 39.0 Å². The largest absolute Gasteiger partial charge is 0.458 e. The molecule has 2 N–H and O–H groups in total. The van der Waals surface area contributed by atoms with Crippen molar-refractivity contribution in [2.24, 2.45) is 5.92 Å². The van der Waals surface area contributed by atoms with E-state index in [2.05, 4.69) is 6.58 Å². The standard InChI is InChI=1S/C20H26O6/c1-5-11(2)19(23)25-10-14-6-7-15(21)12(3)8-17-18(16(22)9-14)13(4)20(24)26-17/h5-6,8,15-18,21-22H,4,7,9-10H2,1-3H3. The van der Waals surface area contributed by atoms with Gasteiger partial charge in [0.25, 0.3) is 0 Å². The molecular formula is C20H26O6. The Labute approximate surface area is 153 Å². The first-order chi connectivity index (χ1) is 12.2. The number of carbonyl (C=O) groups excluding carboxylic acids is 2. The Morgan fingerprint density at radius 3 is 2.81 bits per heavy atom. The summed E-state index contributed by atoms with van der Waals surface area (Å²) in [5, 5.41) is 20.9. The molecule has 1 heterocycles. The van der Waals surface area contributed by atoms with Gasteiger partial charge in [-0.15, -0.1) is 0 Å². The van der Waals surface area contributed by atoms with Crippen molar-refractivity contribution in [3.63, 3.8) is 0 Å². The summed E-state index contributed by atoms with van der Waals surface area (Å²) < 4.78 is 10.5. The van der Waals surface area contributed by atoms with Crippen LogP contribution in [0, 0.1) is 5.92 Å². The first-order valence-corrected chi connectivity index (χ1v) is 8.66. The first-order valence-electron chi connectivity index (χ1n) is 8.66. The van der Waals surface area contributed by atoms with E-state index in [0.29, 0.717) is 23.1 Å². The van der Waals surface area contributed by atoms with Gasteiger partial charge in [0.05, 0.1) is 18.1 Å². The highest BCUT2D eigenvalue weighted by Gasteiger charge is 2.42. The summed E-state index contributed by atoms with van der Waals surface area (Å²) in [4.78, 5) is 23.7. The number of carbonyl (C=O) groups is 2. The lowest BCUT2D eigenvalue weighted by molar-refractivity contribution is -0.139. The Kier molecular flexibility index (Phi) is 6.56. The van der Waals surface area contributed by atoms with E-state index in [-0.39, 0.29) is 18.6 Å². The van der Waals surface area contributed by atoms with Gasteiger partial charge in [-0.2, -0.15) is 0 Å². The molecule has 2 aliphatic rings. The highest BCUT2D eigenvalue weighted by molar-refractivity contribution is 5.91. The summed E-state index contributed by atoms with van der Waals surface area (Å²) in [5.74, 6) is -1.57. The van der Waals surface area contributed by atoms with Crippen molar-refractivity contribution in [3.05, 3.63) is 47.1 Å². The minimum atomic E-state index is -0.911. The van der Waals surface area contributed by atoms with Gasteiger partial charge in [-0.25, -0.2) is 9.59 Å². The number of ether oxygens (including phenoxy) is 2. The van der Waals surface area contributed by atoms with Crippen LogP contribution in [0.15, 0.2) is 47.1 Å². The molecule has 6 heteroatoms. The molecule has 1 fully saturated rings. The van der Waals surface area contributed by atoms with Crippen molar-refractivity contribution in [3.8, 4) is 0 Å². The molecule has 0 spiro atoms. The number of rotatable bonds is 3. The third-order valence-electron chi connectivity index (χ3n) is 4.87. The molecule has 0 saturated carbocycles. The molecule has 0 aromatic heterocycles. The molecule has 0 amide bonds. The van der Waals surface area contributed by atoms with Crippen LogP contribution in [0.25, 0.3) is 0 Å². The second kappa shape index (κ2) is 8.47. The van der Waals surface area contributed by atoms with Crippen molar-refractivity contribution < 1.29 is 29.3 Å². The van der Waals surface area contributed by atoms with Gasteiger partial charge in [-0.3, -0.25) is 0 Å². The van der Waals surface area contributed by atoms with Gasteiger partial charge in [0, 0.05) is 11.1 Å². The maximum absolute atomic E-state index is 11.9. The van der Waals surface area contributed by atoms with Crippen molar-refractivity contribution in [1.29, 1.82) is 0 Å². The summed E-state index contributed by atoms with van der Waals surface area (Å²) in [6, 6.07) is 0. The second-order valence-corrected chi connectivity index (χ2v) is 6.76. The Balaban J connectivity index is 2.23. The third-order valence-corrected chi connectivity index (χ3v) is 4.87. The van der Waals surface area contributed by atoms with Crippen molar-refractivity contribution in [2.75, 3.05) is 6.61 Å². The summed E-state index contributed by atoms with van der Waals surface area (Å²) in [5.41, 5.74) is 2.03. The quantitative estimate of drug-likeness (QED) is 0.453. The second-order valence-electron chi connectivity index (χ2n) is 6.76. The molecule has 6 nitrogen and oxygen atoms in total. The smallest absolute Gasteiger partial charge is 0.334 e. The van der Waals surface area contributed by atoms with Crippen LogP contribution < -0.4 is 0 Å². The molecule has 4 unspecified atom stereocenters. The number of allylic oxidation sites excluding steroid dienone is 1. The zero-order chi connectivity index (χ0) is 19.4. The van der Waals surface area contributed by atoms with Crippen LogP contribution in [0.3, 0.4) is 0 Å². The molecule has 0 bridgehead atoms. The number of fused-ring (bicyclic) bond motifs is 1. The average Bonchev–Trinajstić information content (AvgIpc) is 2.88. The van der Waals surface area contributed by atoms with E-state index in [1.165, 1.54) is 0 Å². The number of esters is 2. The van der Waals surface area contributed by atoms with Crippen LogP contribution in [0.2, 0.25) is 0 Å². The van der Waals surface area contributed by atoms with Gasteiger partial charge in [0.2, 0.25) is 0 Å². The van der Waals surface area contributed by atoms with Gasteiger partial charge >= 0.3 is 11.9 Å². The maximum Gasteiger partial charge on any atom is 0.334 e.